The molecule has 0 spiro atoms. The smallest absolute Gasteiger partial charge is 0.244 e. The number of benzene rings is 1. The zero-order valence-corrected chi connectivity index (χ0v) is 15.8. The average molecular weight is 386 g/mol. The summed E-state index contributed by atoms with van der Waals surface area (Å²) in [5.41, 5.74) is 1.29. The van der Waals surface area contributed by atoms with Gasteiger partial charge in [0, 0.05) is 12.2 Å². The minimum Gasteiger partial charge on any atom is -0.346 e. The highest BCUT2D eigenvalue weighted by Crippen LogP contribution is 2.19. The number of likely N-dealkylation sites (N-methyl/N-ethyl adjacent to an activating group) is 1. The van der Waals surface area contributed by atoms with Gasteiger partial charge in [0.05, 0.1) is 24.6 Å². The van der Waals surface area contributed by atoms with Gasteiger partial charge >= 0.3 is 0 Å². The van der Waals surface area contributed by atoms with Crippen molar-refractivity contribution in [1.29, 1.82) is 0 Å². The first-order valence-electron chi connectivity index (χ1n) is 8.73. The van der Waals surface area contributed by atoms with Gasteiger partial charge in [0.2, 0.25) is 5.91 Å². The van der Waals surface area contributed by atoms with E-state index in [-0.39, 0.29) is 6.54 Å². The number of aryl methyl sites for hydroxylation is 2. The van der Waals surface area contributed by atoms with Crippen LogP contribution >= 0.6 is 0 Å². The summed E-state index contributed by atoms with van der Waals surface area (Å²) in [5.74, 6) is -1.26. The Morgan fingerprint density at radius 3 is 2.54 bits per heavy atom. The Balaban J connectivity index is 1.79. The second-order valence-corrected chi connectivity index (χ2v) is 6.23. The van der Waals surface area contributed by atoms with Gasteiger partial charge in [-0.25, -0.2) is 18.4 Å². The van der Waals surface area contributed by atoms with Crippen LogP contribution in [0.25, 0.3) is 5.82 Å². The molecule has 0 atom stereocenters. The molecule has 28 heavy (non-hydrogen) atoms. The molecule has 1 amide bonds. The third kappa shape index (κ3) is 4.13. The fraction of sp³-hybridized carbons (Fsp3) is 0.263. The Bertz CT molecular complexity index is 984. The van der Waals surface area contributed by atoms with E-state index in [4.69, 9.17) is 0 Å². The molecule has 3 aromatic rings. The van der Waals surface area contributed by atoms with Gasteiger partial charge in [0.1, 0.15) is 23.1 Å². The van der Waals surface area contributed by atoms with Gasteiger partial charge < -0.3 is 10.2 Å². The SMILES string of the molecule is CCN(CC(=O)Nc1c(F)cccc1F)c1cncc(-n2nc(C)cc2C)n1. The fourth-order valence-corrected chi connectivity index (χ4v) is 2.79. The summed E-state index contributed by atoms with van der Waals surface area (Å²) in [4.78, 5) is 22.7. The molecule has 0 unspecified atom stereocenters. The maximum Gasteiger partial charge on any atom is 0.244 e. The maximum absolute atomic E-state index is 13.7. The number of amides is 1. The molecular formula is C19H20F2N6O. The summed E-state index contributed by atoms with van der Waals surface area (Å²) in [5, 5.41) is 6.65. The molecule has 0 saturated heterocycles. The predicted octanol–water partition coefficient (Wildman–Crippen LogP) is 3.02. The predicted molar refractivity (Wildman–Crippen MR) is 102 cm³/mol. The highest BCUT2D eigenvalue weighted by Gasteiger charge is 2.17. The van der Waals surface area contributed by atoms with Gasteiger partial charge in [-0.15, -0.1) is 0 Å². The minimum absolute atomic E-state index is 0.139. The third-order valence-electron chi connectivity index (χ3n) is 4.10. The van der Waals surface area contributed by atoms with Crippen LogP contribution in [0, 0.1) is 25.5 Å². The molecule has 146 valence electrons. The highest BCUT2D eigenvalue weighted by molar-refractivity contribution is 5.94. The van der Waals surface area contributed by atoms with Crippen LogP contribution in [0.2, 0.25) is 0 Å². The highest BCUT2D eigenvalue weighted by atomic mass is 19.1. The number of anilines is 2. The molecule has 1 aromatic carbocycles. The quantitative estimate of drug-likeness (QED) is 0.705. The summed E-state index contributed by atoms with van der Waals surface area (Å²) < 4.78 is 29.1. The molecule has 2 aromatic heterocycles. The van der Waals surface area contributed by atoms with Crippen LogP contribution in [-0.2, 0) is 4.79 Å². The van der Waals surface area contributed by atoms with Crippen molar-refractivity contribution in [2.45, 2.75) is 20.8 Å². The standard InChI is InChI=1S/C19H20F2N6O/c1-4-26(11-18(28)24-19-14(20)6-5-7-15(19)21)16-9-22-10-17(23-16)27-13(3)8-12(2)25-27/h5-10H,4,11H2,1-3H3,(H,24,28). The van der Waals surface area contributed by atoms with Crippen molar-refractivity contribution in [2.24, 2.45) is 0 Å². The molecule has 0 fully saturated rings. The number of nitrogens with one attached hydrogen (secondary N) is 1. The molecule has 0 bridgehead atoms. The van der Waals surface area contributed by atoms with Crippen LogP contribution in [0.5, 0.6) is 0 Å². The first kappa shape index (κ1) is 19.4. The maximum atomic E-state index is 13.7. The largest absolute Gasteiger partial charge is 0.346 e. The number of aromatic nitrogens is 4. The Hall–Kier alpha value is -3.36. The topological polar surface area (TPSA) is 75.9 Å². The van der Waals surface area contributed by atoms with Crippen LogP contribution in [0.15, 0.2) is 36.7 Å². The molecule has 2 heterocycles. The summed E-state index contributed by atoms with van der Waals surface area (Å²) >= 11 is 0. The first-order chi connectivity index (χ1) is 13.4. The lowest BCUT2D eigenvalue weighted by Crippen LogP contribution is -2.34. The van der Waals surface area contributed by atoms with E-state index in [2.05, 4.69) is 20.4 Å². The van der Waals surface area contributed by atoms with Crippen LogP contribution in [0.1, 0.15) is 18.3 Å². The minimum atomic E-state index is -0.831. The van der Waals surface area contributed by atoms with E-state index in [1.165, 1.54) is 12.3 Å². The Labute approximate surface area is 161 Å². The molecule has 0 saturated carbocycles. The molecule has 9 heteroatoms. The van der Waals surface area contributed by atoms with E-state index in [9.17, 15) is 13.6 Å². The van der Waals surface area contributed by atoms with E-state index in [0.717, 1.165) is 23.5 Å². The summed E-state index contributed by atoms with van der Waals surface area (Å²) in [6, 6.07) is 5.32. The number of hydrogen-bond donors (Lipinski definition) is 1. The fourth-order valence-electron chi connectivity index (χ4n) is 2.79. The Morgan fingerprint density at radius 1 is 1.21 bits per heavy atom. The summed E-state index contributed by atoms with van der Waals surface area (Å²) in [7, 11) is 0. The van der Waals surface area contributed by atoms with Crippen LogP contribution in [-0.4, -0.2) is 38.7 Å². The average Bonchev–Trinajstić information content (AvgIpc) is 3.01. The van der Waals surface area contributed by atoms with E-state index in [1.807, 2.05) is 26.8 Å². The molecule has 0 aliphatic carbocycles. The van der Waals surface area contributed by atoms with Crippen molar-refractivity contribution in [3.05, 3.63) is 59.7 Å². The van der Waals surface area contributed by atoms with Crippen LogP contribution in [0.4, 0.5) is 20.3 Å². The number of hydrogen-bond acceptors (Lipinski definition) is 5. The monoisotopic (exact) mass is 386 g/mol. The van der Waals surface area contributed by atoms with Gasteiger partial charge in [-0.1, -0.05) is 6.07 Å². The third-order valence-corrected chi connectivity index (χ3v) is 4.10. The number of para-hydroxylation sites is 1. The molecular weight excluding hydrogens is 366 g/mol. The lowest BCUT2D eigenvalue weighted by molar-refractivity contribution is -0.115. The molecule has 1 N–H and O–H groups in total. The van der Waals surface area contributed by atoms with E-state index >= 15 is 0 Å². The Kier molecular flexibility index (Phi) is 5.62. The zero-order valence-electron chi connectivity index (χ0n) is 15.8. The van der Waals surface area contributed by atoms with Gasteiger partial charge in [0.25, 0.3) is 0 Å². The van der Waals surface area contributed by atoms with Gasteiger partial charge in [0.15, 0.2) is 5.82 Å². The summed E-state index contributed by atoms with van der Waals surface area (Å²) in [6.45, 7) is 5.93. The van der Waals surface area contributed by atoms with Gasteiger partial charge in [-0.05, 0) is 39.0 Å². The second kappa shape index (κ2) is 8.12. The first-order valence-corrected chi connectivity index (χ1v) is 8.73. The molecule has 0 aliphatic rings. The normalized spacial score (nSPS) is 10.8. The van der Waals surface area contributed by atoms with E-state index in [0.29, 0.717) is 18.2 Å². The number of rotatable bonds is 6. The summed E-state index contributed by atoms with van der Waals surface area (Å²) in [6.07, 6.45) is 3.10. The lowest BCUT2D eigenvalue weighted by atomic mass is 10.3. The van der Waals surface area contributed by atoms with Crippen molar-refractivity contribution >= 4 is 17.4 Å². The van der Waals surface area contributed by atoms with E-state index in [1.54, 1.807) is 15.8 Å². The molecule has 7 nitrogen and oxygen atoms in total. The van der Waals surface area contributed by atoms with Crippen LogP contribution < -0.4 is 10.2 Å². The van der Waals surface area contributed by atoms with Crippen LogP contribution in [0.3, 0.4) is 0 Å². The van der Waals surface area contributed by atoms with Crippen molar-refractivity contribution in [3.63, 3.8) is 0 Å². The van der Waals surface area contributed by atoms with Gasteiger partial charge in [-0.3, -0.25) is 9.78 Å². The number of carbonyl (C=O) groups is 1. The number of halogens is 2. The van der Waals surface area contributed by atoms with E-state index < -0.39 is 23.2 Å². The number of nitrogens with zero attached hydrogens (tertiary/aromatic N) is 5. The van der Waals surface area contributed by atoms with Gasteiger partial charge in [-0.2, -0.15) is 5.10 Å². The molecule has 0 radical (unpaired) electrons. The number of carbonyl (C=O) groups excluding carboxylic acids is 1. The lowest BCUT2D eigenvalue weighted by Gasteiger charge is -2.21. The van der Waals surface area contributed by atoms with Crippen molar-refractivity contribution in [1.82, 2.24) is 19.7 Å². The zero-order chi connectivity index (χ0) is 20.3. The van der Waals surface area contributed by atoms with Crippen molar-refractivity contribution in [2.75, 3.05) is 23.3 Å². The van der Waals surface area contributed by atoms with Crippen molar-refractivity contribution in [3.8, 4) is 5.82 Å². The molecule has 3 rings (SSSR count). The van der Waals surface area contributed by atoms with Crippen molar-refractivity contribution < 1.29 is 13.6 Å². The Morgan fingerprint density at radius 2 is 1.93 bits per heavy atom. The molecule has 0 aliphatic heterocycles. The second-order valence-electron chi connectivity index (χ2n) is 6.23.